The number of carboxylic acid groups (broad SMARTS) is 1. The molecule has 2 atom stereocenters. The molecule has 1 rings (SSSR count). The quantitative estimate of drug-likeness (QED) is 0.525. The average molecular weight is 243 g/mol. The fraction of sp³-hybridized carbons (Fsp3) is 0.750. The normalized spacial score (nSPS) is 21.5. The molecule has 0 aromatic rings. The first kappa shape index (κ1) is 14.0. The SMILES string of the molecule is C=CC(O)CCCCO[C@@H]1CCN(C(=O)O)C1. The van der Waals surface area contributed by atoms with Crippen LogP contribution in [-0.2, 0) is 4.74 Å². The van der Waals surface area contributed by atoms with Crippen molar-refractivity contribution in [3.05, 3.63) is 12.7 Å². The van der Waals surface area contributed by atoms with E-state index in [1.165, 1.54) is 11.0 Å². The van der Waals surface area contributed by atoms with Crippen molar-refractivity contribution in [2.24, 2.45) is 0 Å². The Kier molecular flexibility index (Phi) is 6.00. The summed E-state index contributed by atoms with van der Waals surface area (Å²) in [6, 6.07) is 0. The van der Waals surface area contributed by atoms with E-state index in [4.69, 9.17) is 9.84 Å². The Morgan fingerprint density at radius 1 is 1.59 bits per heavy atom. The second-order valence-electron chi connectivity index (χ2n) is 4.31. The Bertz CT molecular complexity index is 257. The molecule has 0 radical (unpaired) electrons. The molecule has 0 aromatic carbocycles. The van der Waals surface area contributed by atoms with E-state index in [-0.39, 0.29) is 6.10 Å². The van der Waals surface area contributed by atoms with Crippen LogP contribution in [0.25, 0.3) is 0 Å². The van der Waals surface area contributed by atoms with E-state index in [0.29, 0.717) is 26.1 Å². The predicted molar refractivity (Wildman–Crippen MR) is 64.0 cm³/mol. The van der Waals surface area contributed by atoms with E-state index in [2.05, 4.69) is 6.58 Å². The average Bonchev–Trinajstić information content (AvgIpc) is 2.77. The number of unbranched alkanes of at least 4 members (excludes halogenated alkanes) is 1. The lowest BCUT2D eigenvalue weighted by Gasteiger charge is -2.13. The molecule has 1 fully saturated rings. The highest BCUT2D eigenvalue weighted by Crippen LogP contribution is 2.13. The molecule has 1 heterocycles. The molecular formula is C12H21NO4. The number of hydrogen-bond donors (Lipinski definition) is 2. The highest BCUT2D eigenvalue weighted by atomic mass is 16.5. The van der Waals surface area contributed by atoms with Gasteiger partial charge in [0.1, 0.15) is 0 Å². The van der Waals surface area contributed by atoms with Crippen LogP contribution in [-0.4, -0.2) is 53.1 Å². The van der Waals surface area contributed by atoms with Gasteiger partial charge in [0.25, 0.3) is 0 Å². The molecule has 98 valence electrons. The summed E-state index contributed by atoms with van der Waals surface area (Å²) in [6.07, 6.45) is 3.53. The zero-order chi connectivity index (χ0) is 12.7. The van der Waals surface area contributed by atoms with Crippen LogP contribution >= 0.6 is 0 Å². The standard InChI is InChI=1S/C12H21NO4/c1-2-10(14)5-3-4-8-17-11-6-7-13(9-11)12(15)16/h2,10-11,14H,1,3-9H2,(H,15,16)/t10?,11-/m1/s1. The maximum atomic E-state index is 10.7. The summed E-state index contributed by atoms with van der Waals surface area (Å²) in [5.74, 6) is 0. The van der Waals surface area contributed by atoms with Crippen molar-refractivity contribution in [3.63, 3.8) is 0 Å². The number of aliphatic hydroxyl groups is 1. The van der Waals surface area contributed by atoms with Gasteiger partial charge in [-0.1, -0.05) is 6.08 Å². The predicted octanol–water partition coefficient (Wildman–Crippen LogP) is 1.47. The van der Waals surface area contributed by atoms with Crippen molar-refractivity contribution in [2.45, 2.75) is 37.9 Å². The number of hydrogen-bond acceptors (Lipinski definition) is 3. The summed E-state index contributed by atoms with van der Waals surface area (Å²) in [6.45, 7) is 5.17. The molecule has 0 spiro atoms. The molecule has 0 bridgehead atoms. The van der Waals surface area contributed by atoms with Gasteiger partial charge in [-0.15, -0.1) is 6.58 Å². The number of likely N-dealkylation sites (tertiary alicyclic amines) is 1. The molecule has 0 aliphatic carbocycles. The van der Waals surface area contributed by atoms with Gasteiger partial charge in [0.2, 0.25) is 0 Å². The molecule has 1 aliphatic heterocycles. The highest BCUT2D eigenvalue weighted by Gasteiger charge is 2.25. The first-order chi connectivity index (χ1) is 8.13. The van der Waals surface area contributed by atoms with Crippen molar-refractivity contribution in [2.75, 3.05) is 19.7 Å². The van der Waals surface area contributed by atoms with E-state index in [9.17, 15) is 9.90 Å². The van der Waals surface area contributed by atoms with Crippen LogP contribution in [0.5, 0.6) is 0 Å². The van der Waals surface area contributed by atoms with Gasteiger partial charge in [-0.05, 0) is 25.7 Å². The maximum absolute atomic E-state index is 10.7. The third-order valence-corrected chi connectivity index (χ3v) is 2.94. The zero-order valence-electron chi connectivity index (χ0n) is 10.0. The minimum absolute atomic E-state index is 0.0374. The third kappa shape index (κ3) is 5.19. The fourth-order valence-corrected chi connectivity index (χ4v) is 1.86. The fourth-order valence-electron chi connectivity index (χ4n) is 1.86. The van der Waals surface area contributed by atoms with Crippen LogP contribution in [0.15, 0.2) is 12.7 Å². The minimum Gasteiger partial charge on any atom is -0.465 e. The van der Waals surface area contributed by atoms with Gasteiger partial charge in [0.15, 0.2) is 0 Å². The van der Waals surface area contributed by atoms with E-state index in [0.717, 1.165) is 19.3 Å². The Hall–Kier alpha value is -1.07. The number of ether oxygens (including phenoxy) is 1. The molecular weight excluding hydrogens is 222 g/mol. The molecule has 5 heteroatoms. The largest absolute Gasteiger partial charge is 0.465 e. The summed E-state index contributed by atoms with van der Waals surface area (Å²) < 4.78 is 5.59. The lowest BCUT2D eigenvalue weighted by atomic mass is 10.1. The highest BCUT2D eigenvalue weighted by molar-refractivity contribution is 5.65. The van der Waals surface area contributed by atoms with E-state index >= 15 is 0 Å². The first-order valence-electron chi connectivity index (χ1n) is 6.03. The van der Waals surface area contributed by atoms with Crippen LogP contribution in [0.2, 0.25) is 0 Å². The zero-order valence-corrected chi connectivity index (χ0v) is 10.0. The van der Waals surface area contributed by atoms with Crippen molar-refractivity contribution in [3.8, 4) is 0 Å². The van der Waals surface area contributed by atoms with Gasteiger partial charge in [-0.25, -0.2) is 4.79 Å². The van der Waals surface area contributed by atoms with E-state index in [1.807, 2.05) is 0 Å². The van der Waals surface area contributed by atoms with Crippen molar-refractivity contribution in [1.82, 2.24) is 4.90 Å². The number of carbonyl (C=O) groups is 1. The van der Waals surface area contributed by atoms with Crippen LogP contribution in [0.3, 0.4) is 0 Å². The summed E-state index contributed by atoms with van der Waals surface area (Å²) in [7, 11) is 0. The minimum atomic E-state index is -0.870. The van der Waals surface area contributed by atoms with Gasteiger partial charge in [-0.3, -0.25) is 0 Å². The molecule has 0 aromatic heterocycles. The van der Waals surface area contributed by atoms with Crippen LogP contribution in [0, 0.1) is 0 Å². The first-order valence-corrected chi connectivity index (χ1v) is 6.03. The van der Waals surface area contributed by atoms with E-state index in [1.54, 1.807) is 0 Å². The van der Waals surface area contributed by atoms with Crippen LogP contribution in [0.1, 0.15) is 25.7 Å². The smallest absolute Gasteiger partial charge is 0.407 e. The molecule has 2 N–H and O–H groups in total. The molecule has 17 heavy (non-hydrogen) atoms. The molecule has 1 saturated heterocycles. The number of nitrogens with zero attached hydrogens (tertiary/aromatic N) is 1. The van der Waals surface area contributed by atoms with Gasteiger partial charge >= 0.3 is 6.09 Å². The topological polar surface area (TPSA) is 70.0 Å². The molecule has 1 amide bonds. The van der Waals surface area contributed by atoms with Gasteiger partial charge in [-0.2, -0.15) is 0 Å². The lowest BCUT2D eigenvalue weighted by Crippen LogP contribution is -2.28. The van der Waals surface area contributed by atoms with Gasteiger partial charge < -0.3 is 19.8 Å². The molecule has 5 nitrogen and oxygen atoms in total. The molecule has 1 aliphatic rings. The summed E-state index contributed by atoms with van der Waals surface area (Å²) >= 11 is 0. The maximum Gasteiger partial charge on any atom is 0.407 e. The summed E-state index contributed by atoms with van der Waals surface area (Å²) in [5, 5.41) is 18.0. The number of aliphatic hydroxyl groups excluding tert-OH is 1. The Morgan fingerprint density at radius 3 is 2.94 bits per heavy atom. The second kappa shape index (κ2) is 7.29. The third-order valence-electron chi connectivity index (χ3n) is 2.94. The van der Waals surface area contributed by atoms with Crippen molar-refractivity contribution < 1.29 is 19.7 Å². The van der Waals surface area contributed by atoms with Gasteiger partial charge in [0.05, 0.1) is 18.8 Å². The second-order valence-corrected chi connectivity index (χ2v) is 4.31. The Balaban J connectivity index is 2.01. The Morgan fingerprint density at radius 2 is 2.35 bits per heavy atom. The lowest BCUT2D eigenvalue weighted by molar-refractivity contribution is 0.0547. The molecule has 1 unspecified atom stereocenters. The molecule has 0 saturated carbocycles. The van der Waals surface area contributed by atoms with Crippen molar-refractivity contribution in [1.29, 1.82) is 0 Å². The Labute approximate surface area is 102 Å². The van der Waals surface area contributed by atoms with Gasteiger partial charge in [0, 0.05) is 13.2 Å². The van der Waals surface area contributed by atoms with E-state index < -0.39 is 12.2 Å². The number of rotatable bonds is 7. The van der Waals surface area contributed by atoms with Crippen LogP contribution in [0.4, 0.5) is 4.79 Å². The van der Waals surface area contributed by atoms with Crippen molar-refractivity contribution >= 4 is 6.09 Å². The summed E-state index contributed by atoms with van der Waals surface area (Å²) in [5.41, 5.74) is 0. The van der Waals surface area contributed by atoms with Crippen LogP contribution < -0.4 is 0 Å². The monoisotopic (exact) mass is 243 g/mol. The number of amides is 1. The summed E-state index contributed by atoms with van der Waals surface area (Å²) in [4.78, 5) is 12.0.